The van der Waals surface area contributed by atoms with Crippen molar-refractivity contribution < 1.29 is 4.74 Å². The average Bonchev–Trinajstić information content (AvgIpc) is 2.29. The van der Waals surface area contributed by atoms with Gasteiger partial charge < -0.3 is 15.4 Å². The predicted octanol–water partition coefficient (Wildman–Crippen LogP) is 1.19. The first-order chi connectivity index (χ1) is 7.65. The maximum atomic E-state index is 5.50. The Morgan fingerprint density at radius 3 is 2.81 bits per heavy atom. The fraction of sp³-hybridized carbons (Fsp3) is 0.455. The van der Waals surface area contributed by atoms with E-state index in [1.807, 2.05) is 31.0 Å². The van der Waals surface area contributed by atoms with Crippen LogP contribution in [0.4, 0.5) is 5.82 Å². The van der Waals surface area contributed by atoms with Crippen LogP contribution in [0.5, 0.6) is 0 Å². The number of pyridine rings is 1. The van der Waals surface area contributed by atoms with Crippen molar-refractivity contribution in [3.8, 4) is 0 Å². The van der Waals surface area contributed by atoms with E-state index in [0.717, 1.165) is 24.5 Å². The number of thiocarbonyl (C=S) groups is 1. The minimum absolute atomic E-state index is 0.371. The molecule has 5 heteroatoms. The van der Waals surface area contributed by atoms with Crippen molar-refractivity contribution in [2.24, 2.45) is 5.73 Å². The number of nitrogens with two attached hydrogens (primary N) is 1. The molecule has 0 aliphatic heterocycles. The van der Waals surface area contributed by atoms with E-state index >= 15 is 0 Å². The van der Waals surface area contributed by atoms with E-state index < -0.39 is 0 Å². The second-order valence-electron chi connectivity index (χ2n) is 3.39. The summed E-state index contributed by atoms with van der Waals surface area (Å²) in [6, 6.07) is 3.78. The Bertz CT molecular complexity index is 340. The molecule has 0 aromatic carbocycles. The van der Waals surface area contributed by atoms with Gasteiger partial charge in [0.25, 0.3) is 0 Å². The van der Waals surface area contributed by atoms with Gasteiger partial charge in [-0.15, -0.1) is 0 Å². The Labute approximate surface area is 101 Å². The maximum absolute atomic E-state index is 5.50. The molecular weight excluding hydrogens is 222 g/mol. The zero-order valence-corrected chi connectivity index (χ0v) is 10.5. The number of nitrogens with zero attached hydrogens (tertiary/aromatic N) is 2. The minimum Gasteiger partial charge on any atom is -0.389 e. The van der Waals surface area contributed by atoms with E-state index in [0.29, 0.717) is 11.6 Å². The zero-order valence-electron chi connectivity index (χ0n) is 9.64. The van der Waals surface area contributed by atoms with Crippen LogP contribution in [0.1, 0.15) is 12.5 Å². The monoisotopic (exact) mass is 239 g/mol. The Morgan fingerprint density at radius 1 is 1.56 bits per heavy atom. The van der Waals surface area contributed by atoms with Crippen molar-refractivity contribution in [2.75, 3.05) is 31.7 Å². The summed E-state index contributed by atoms with van der Waals surface area (Å²) in [6.45, 7) is 4.23. The van der Waals surface area contributed by atoms with Gasteiger partial charge in [-0.2, -0.15) is 0 Å². The van der Waals surface area contributed by atoms with Crippen LogP contribution >= 0.6 is 12.2 Å². The molecule has 1 rings (SSSR count). The summed E-state index contributed by atoms with van der Waals surface area (Å²) in [7, 11) is 1.97. The van der Waals surface area contributed by atoms with Crippen LogP contribution in [0.2, 0.25) is 0 Å². The lowest BCUT2D eigenvalue weighted by molar-refractivity contribution is 0.154. The second kappa shape index (κ2) is 6.40. The second-order valence-corrected chi connectivity index (χ2v) is 3.83. The molecule has 0 amide bonds. The lowest BCUT2D eigenvalue weighted by atomic mass is 10.3. The molecule has 0 saturated heterocycles. The molecule has 0 unspecified atom stereocenters. The largest absolute Gasteiger partial charge is 0.389 e. The van der Waals surface area contributed by atoms with Crippen molar-refractivity contribution in [2.45, 2.75) is 6.92 Å². The summed E-state index contributed by atoms with van der Waals surface area (Å²) in [6.07, 6.45) is 1.69. The van der Waals surface area contributed by atoms with Crippen molar-refractivity contribution in [3.05, 3.63) is 23.9 Å². The van der Waals surface area contributed by atoms with Crippen LogP contribution in [0.15, 0.2) is 18.3 Å². The van der Waals surface area contributed by atoms with Crippen LogP contribution in [0, 0.1) is 0 Å². The summed E-state index contributed by atoms with van der Waals surface area (Å²) in [5, 5.41) is 0. The number of anilines is 1. The van der Waals surface area contributed by atoms with Gasteiger partial charge in [-0.1, -0.05) is 12.2 Å². The maximum Gasteiger partial charge on any atom is 0.128 e. The van der Waals surface area contributed by atoms with Crippen LogP contribution in [0.3, 0.4) is 0 Å². The molecule has 0 bridgehead atoms. The summed E-state index contributed by atoms with van der Waals surface area (Å²) < 4.78 is 5.28. The number of hydrogen-bond acceptors (Lipinski definition) is 4. The third kappa shape index (κ3) is 3.75. The molecule has 1 aromatic rings. The van der Waals surface area contributed by atoms with Crippen molar-refractivity contribution in [3.63, 3.8) is 0 Å². The SMILES string of the molecule is CCOCCN(C)c1ccc(C(N)=S)cn1. The third-order valence-corrected chi connectivity index (χ3v) is 2.43. The first-order valence-corrected chi connectivity index (χ1v) is 5.60. The van der Waals surface area contributed by atoms with Crippen LogP contribution in [0.25, 0.3) is 0 Å². The Balaban J connectivity index is 2.56. The highest BCUT2D eigenvalue weighted by molar-refractivity contribution is 7.80. The summed E-state index contributed by atoms with van der Waals surface area (Å²) in [4.78, 5) is 6.68. The number of likely N-dealkylation sites (N-methyl/N-ethyl adjacent to an activating group) is 1. The smallest absolute Gasteiger partial charge is 0.128 e. The van der Waals surface area contributed by atoms with Gasteiger partial charge in [0.2, 0.25) is 0 Å². The van der Waals surface area contributed by atoms with Gasteiger partial charge >= 0.3 is 0 Å². The van der Waals surface area contributed by atoms with E-state index in [1.54, 1.807) is 6.20 Å². The minimum atomic E-state index is 0.371. The van der Waals surface area contributed by atoms with Gasteiger partial charge in [-0.3, -0.25) is 0 Å². The average molecular weight is 239 g/mol. The van der Waals surface area contributed by atoms with Crippen LogP contribution < -0.4 is 10.6 Å². The Kier molecular flexibility index (Phi) is 5.14. The van der Waals surface area contributed by atoms with E-state index in [-0.39, 0.29) is 0 Å². The van der Waals surface area contributed by atoms with E-state index in [1.165, 1.54) is 0 Å². The fourth-order valence-electron chi connectivity index (χ4n) is 1.22. The zero-order chi connectivity index (χ0) is 12.0. The van der Waals surface area contributed by atoms with Gasteiger partial charge in [-0.05, 0) is 19.1 Å². The standard InChI is InChI=1S/C11H17N3OS/c1-3-15-7-6-14(2)10-5-4-9(8-13-10)11(12)16/h4-5,8H,3,6-7H2,1-2H3,(H2,12,16). The van der Waals surface area contributed by atoms with Gasteiger partial charge in [-0.25, -0.2) is 4.98 Å². The number of ether oxygens (including phenoxy) is 1. The number of hydrogen-bond donors (Lipinski definition) is 1. The van der Waals surface area contributed by atoms with Crippen molar-refractivity contribution in [1.82, 2.24) is 4.98 Å². The van der Waals surface area contributed by atoms with Gasteiger partial charge in [0, 0.05) is 32.0 Å². The molecule has 0 saturated carbocycles. The Morgan fingerprint density at radius 2 is 2.31 bits per heavy atom. The first-order valence-electron chi connectivity index (χ1n) is 5.20. The lowest BCUT2D eigenvalue weighted by Crippen LogP contribution is -2.23. The van der Waals surface area contributed by atoms with Gasteiger partial charge in [0.05, 0.1) is 6.61 Å². The summed E-state index contributed by atoms with van der Waals surface area (Å²) in [5.41, 5.74) is 6.28. The van der Waals surface area contributed by atoms with Crippen molar-refractivity contribution in [1.29, 1.82) is 0 Å². The van der Waals surface area contributed by atoms with Gasteiger partial charge in [0.15, 0.2) is 0 Å². The highest BCUT2D eigenvalue weighted by atomic mass is 32.1. The highest BCUT2D eigenvalue weighted by Crippen LogP contribution is 2.09. The molecule has 16 heavy (non-hydrogen) atoms. The molecule has 4 nitrogen and oxygen atoms in total. The van der Waals surface area contributed by atoms with E-state index in [2.05, 4.69) is 4.98 Å². The molecule has 0 spiro atoms. The summed E-state index contributed by atoms with van der Waals surface area (Å²) in [5.74, 6) is 0.889. The number of rotatable bonds is 6. The molecule has 2 N–H and O–H groups in total. The van der Waals surface area contributed by atoms with Crippen LogP contribution in [-0.2, 0) is 4.74 Å². The molecule has 1 aromatic heterocycles. The van der Waals surface area contributed by atoms with E-state index in [9.17, 15) is 0 Å². The molecule has 0 radical (unpaired) electrons. The van der Waals surface area contributed by atoms with Crippen LogP contribution in [-0.4, -0.2) is 36.8 Å². The first kappa shape index (κ1) is 12.9. The topological polar surface area (TPSA) is 51.4 Å². The van der Waals surface area contributed by atoms with E-state index in [4.69, 9.17) is 22.7 Å². The van der Waals surface area contributed by atoms with Gasteiger partial charge in [0.1, 0.15) is 10.8 Å². The Hall–Kier alpha value is -1.20. The quantitative estimate of drug-likeness (QED) is 0.597. The molecule has 0 aliphatic carbocycles. The fourth-order valence-corrected chi connectivity index (χ4v) is 1.34. The highest BCUT2D eigenvalue weighted by Gasteiger charge is 2.03. The molecule has 0 aliphatic rings. The summed E-state index contributed by atoms with van der Waals surface area (Å²) >= 11 is 4.86. The number of aromatic nitrogens is 1. The lowest BCUT2D eigenvalue weighted by Gasteiger charge is -2.17. The molecule has 0 atom stereocenters. The third-order valence-electron chi connectivity index (χ3n) is 2.20. The molecule has 1 heterocycles. The predicted molar refractivity (Wildman–Crippen MR) is 69.9 cm³/mol. The molecule has 0 fully saturated rings. The molecule has 88 valence electrons. The molecular formula is C11H17N3OS. The normalized spacial score (nSPS) is 10.1. The van der Waals surface area contributed by atoms with Crippen molar-refractivity contribution >= 4 is 23.0 Å².